The molecular weight excluding hydrogens is 166 g/mol. The Kier molecular flexibility index (Phi) is 1.66. The lowest BCUT2D eigenvalue weighted by Gasteiger charge is -1.98. The predicted octanol–water partition coefficient (Wildman–Crippen LogP) is 0.692. The third kappa shape index (κ3) is 1.12. The molecule has 0 saturated heterocycles. The number of aromatic nitrogens is 2. The van der Waals surface area contributed by atoms with Crippen molar-refractivity contribution in [3.05, 3.63) is 46.5 Å². The molecule has 13 heavy (non-hydrogen) atoms. The molecule has 4 nitrogen and oxygen atoms in total. The number of pyridine rings is 1. The summed E-state index contributed by atoms with van der Waals surface area (Å²) >= 11 is 0. The Morgan fingerprint density at radius 2 is 2.31 bits per heavy atom. The Bertz CT molecular complexity index is 515. The molecule has 0 aliphatic rings. The van der Waals surface area contributed by atoms with E-state index >= 15 is 0 Å². The molecule has 64 valence electrons. The first kappa shape index (κ1) is 7.67. The molecule has 0 saturated carbocycles. The minimum absolute atomic E-state index is 0.208. The highest BCUT2D eigenvalue weighted by atomic mass is 16.1. The number of nitrogens with one attached hydrogen (secondary N) is 1. The largest absolute Gasteiger partial charge is 0.308 e. The molecule has 1 N–H and O–H groups in total. The van der Waals surface area contributed by atoms with Crippen molar-refractivity contribution in [2.75, 3.05) is 0 Å². The lowest BCUT2D eigenvalue weighted by atomic mass is 10.3. The summed E-state index contributed by atoms with van der Waals surface area (Å²) in [4.78, 5) is 15.6. The minimum atomic E-state index is -0.208. The molecule has 0 atom stereocenters. The van der Waals surface area contributed by atoms with Crippen LogP contribution in [0.4, 0.5) is 0 Å². The first-order valence-electron chi connectivity index (χ1n) is 3.80. The van der Waals surface area contributed by atoms with Crippen LogP contribution in [0.3, 0.4) is 0 Å². The van der Waals surface area contributed by atoms with Crippen molar-refractivity contribution in [3.8, 4) is 0 Å². The van der Waals surface area contributed by atoms with Crippen molar-refractivity contribution in [3.63, 3.8) is 0 Å². The van der Waals surface area contributed by atoms with Crippen LogP contribution in [0.1, 0.15) is 5.56 Å². The first-order valence-corrected chi connectivity index (χ1v) is 3.80. The van der Waals surface area contributed by atoms with Gasteiger partial charge >= 0.3 is 0 Å². The summed E-state index contributed by atoms with van der Waals surface area (Å²) in [5, 5.41) is 6.98. The molecule has 0 unspecified atom stereocenters. The van der Waals surface area contributed by atoms with E-state index in [2.05, 4.69) is 4.98 Å². The topological polar surface area (TPSA) is 58.2 Å². The van der Waals surface area contributed by atoms with Gasteiger partial charge in [-0.1, -0.05) is 6.07 Å². The van der Waals surface area contributed by atoms with E-state index in [4.69, 9.17) is 5.41 Å². The van der Waals surface area contributed by atoms with Crippen molar-refractivity contribution in [2.24, 2.45) is 0 Å². The Balaban J connectivity index is 2.95. The molecule has 0 amide bonds. The second kappa shape index (κ2) is 2.82. The van der Waals surface area contributed by atoms with E-state index < -0.39 is 0 Å². The van der Waals surface area contributed by atoms with Crippen LogP contribution in [0.15, 0.2) is 35.4 Å². The van der Waals surface area contributed by atoms with Gasteiger partial charge in [-0.2, -0.15) is 0 Å². The molecule has 2 heterocycles. The molecule has 0 radical (unpaired) electrons. The molecule has 0 fully saturated rings. The number of rotatable bonds is 1. The predicted molar refractivity (Wildman–Crippen MR) is 49.3 cm³/mol. The maximum atomic E-state index is 11.5. The van der Waals surface area contributed by atoms with Gasteiger partial charge in [0.15, 0.2) is 0 Å². The molecule has 2 aromatic rings. The molecule has 0 aromatic carbocycles. The second-order valence-electron chi connectivity index (χ2n) is 2.59. The molecule has 0 aliphatic carbocycles. The lowest BCUT2D eigenvalue weighted by Crippen LogP contribution is -2.18. The highest BCUT2D eigenvalue weighted by Gasteiger charge is 1.99. The van der Waals surface area contributed by atoms with E-state index in [0.29, 0.717) is 11.2 Å². The van der Waals surface area contributed by atoms with Gasteiger partial charge in [-0.25, -0.2) is 4.98 Å². The molecule has 4 heteroatoms. The van der Waals surface area contributed by atoms with Crippen LogP contribution in [0.2, 0.25) is 0 Å². The summed E-state index contributed by atoms with van der Waals surface area (Å²) < 4.78 is 1.42. The van der Waals surface area contributed by atoms with Crippen LogP contribution in [0.25, 0.3) is 5.65 Å². The maximum Gasteiger partial charge on any atom is 0.266 e. The Labute approximate surface area is 74.0 Å². The Morgan fingerprint density at radius 3 is 3.08 bits per heavy atom. The van der Waals surface area contributed by atoms with Crippen LogP contribution in [-0.2, 0) is 0 Å². The Morgan fingerprint density at radius 1 is 1.46 bits per heavy atom. The smallest absolute Gasteiger partial charge is 0.266 e. The second-order valence-corrected chi connectivity index (χ2v) is 2.59. The van der Waals surface area contributed by atoms with Gasteiger partial charge in [0.2, 0.25) is 0 Å². The zero-order valence-electron chi connectivity index (χ0n) is 6.77. The van der Waals surface area contributed by atoms with Crippen molar-refractivity contribution >= 4 is 11.9 Å². The van der Waals surface area contributed by atoms with Gasteiger partial charge in [-0.3, -0.25) is 9.20 Å². The average Bonchev–Trinajstić information content (AvgIpc) is 2.19. The van der Waals surface area contributed by atoms with Crippen LogP contribution in [0.5, 0.6) is 0 Å². The third-order valence-electron chi connectivity index (χ3n) is 1.80. The maximum absolute atomic E-state index is 11.5. The zero-order valence-corrected chi connectivity index (χ0v) is 6.77. The van der Waals surface area contributed by atoms with E-state index in [0.717, 1.165) is 6.21 Å². The van der Waals surface area contributed by atoms with Crippen molar-refractivity contribution < 1.29 is 0 Å². The monoisotopic (exact) mass is 173 g/mol. The summed E-state index contributed by atoms with van der Waals surface area (Å²) in [7, 11) is 0. The zero-order chi connectivity index (χ0) is 9.26. The van der Waals surface area contributed by atoms with E-state index in [1.165, 1.54) is 10.6 Å². The molecule has 0 aliphatic heterocycles. The van der Waals surface area contributed by atoms with Gasteiger partial charge in [-0.15, -0.1) is 0 Å². The van der Waals surface area contributed by atoms with Crippen molar-refractivity contribution in [2.45, 2.75) is 0 Å². The fourth-order valence-electron chi connectivity index (χ4n) is 1.14. The molecule has 0 spiro atoms. The minimum Gasteiger partial charge on any atom is -0.308 e. The van der Waals surface area contributed by atoms with Gasteiger partial charge in [0, 0.05) is 18.6 Å². The van der Waals surface area contributed by atoms with Gasteiger partial charge in [0.1, 0.15) is 5.65 Å². The highest BCUT2D eigenvalue weighted by Crippen LogP contribution is 1.95. The summed E-state index contributed by atoms with van der Waals surface area (Å²) in [6, 6.07) is 5.31. The fourth-order valence-corrected chi connectivity index (χ4v) is 1.14. The third-order valence-corrected chi connectivity index (χ3v) is 1.80. The number of hydrogen-bond acceptors (Lipinski definition) is 3. The van der Waals surface area contributed by atoms with Crippen LogP contribution in [0, 0.1) is 5.41 Å². The molecule has 2 rings (SSSR count). The molecular formula is C9H7N3O. The fraction of sp³-hybridized carbons (Fsp3) is 0. The lowest BCUT2D eigenvalue weighted by molar-refractivity contribution is 1.04. The van der Waals surface area contributed by atoms with Gasteiger partial charge in [-0.05, 0) is 12.1 Å². The summed E-state index contributed by atoms with van der Waals surface area (Å²) in [5.74, 6) is 0. The number of nitrogens with zero attached hydrogens (tertiary/aromatic N) is 2. The van der Waals surface area contributed by atoms with E-state index in [1.54, 1.807) is 18.3 Å². The van der Waals surface area contributed by atoms with Gasteiger partial charge < -0.3 is 5.41 Å². The summed E-state index contributed by atoms with van der Waals surface area (Å²) in [6.45, 7) is 0. The standard InChI is InChI=1S/C9H7N3O/c10-5-7-6-11-8-3-1-2-4-12(8)9(7)13/h1-6,10H. The average molecular weight is 173 g/mol. The van der Waals surface area contributed by atoms with Gasteiger partial charge in [0.05, 0.1) is 5.56 Å². The molecule has 0 bridgehead atoms. The SMILES string of the molecule is N=Cc1cnc2ccccn2c1=O. The van der Waals surface area contributed by atoms with E-state index in [1.807, 2.05) is 6.07 Å². The molecule has 2 aromatic heterocycles. The van der Waals surface area contributed by atoms with Crippen LogP contribution in [-0.4, -0.2) is 15.6 Å². The van der Waals surface area contributed by atoms with Gasteiger partial charge in [0.25, 0.3) is 5.56 Å². The van der Waals surface area contributed by atoms with Crippen LogP contribution < -0.4 is 5.56 Å². The van der Waals surface area contributed by atoms with Crippen LogP contribution >= 0.6 is 0 Å². The van der Waals surface area contributed by atoms with Crippen molar-refractivity contribution in [1.82, 2.24) is 9.38 Å². The Hall–Kier alpha value is -1.97. The first-order chi connectivity index (χ1) is 6.33. The quantitative estimate of drug-likeness (QED) is 0.645. The summed E-state index contributed by atoms with van der Waals surface area (Å²) in [5.41, 5.74) is 0.683. The summed E-state index contributed by atoms with van der Waals surface area (Å²) in [6.07, 6.45) is 4.05. The highest BCUT2D eigenvalue weighted by molar-refractivity contribution is 5.76. The van der Waals surface area contributed by atoms with E-state index in [-0.39, 0.29) is 5.56 Å². The number of fused-ring (bicyclic) bond motifs is 1. The normalized spacial score (nSPS) is 10.2. The number of hydrogen-bond donors (Lipinski definition) is 1. The van der Waals surface area contributed by atoms with Crippen molar-refractivity contribution in [1.29, 1.82) is 5.41 Å². The van der Waals surface area contributed by atoms with E-state index in [9.17, 15) is 4.79 Å².